The van der Waals surface area contributed by atoms with Gasteiger partial charge >= 0.3 is 0 Å². The molecule has 1 saturated heterocycles. The molecule has 1 aromatic rings. The van der Waals surface area contributed by atoms with E-state index in [-0.39, 0.29) is 12.0 Å². The molecular weight excluding hydrogens is 215 g/mol. The standard InChI is InChI=1S/C11H14ClFN2/c1-7(14)15-5-8(6-15)10-3-2-9(13)4-11(10)12/h2-4,7-8H,5-6,14H2,1H3. The third-order valence-corrected chi connectivity index (χ3v) is 3.22. The molecule has 0 amide bonds. The van der Waals surface area contributed by atoms with Crippen molar-refractivity contribution in [3.05, 3.63) is 34.6 Å². The minimum atomic E-state index is -0.285. The predicted molar refractivity (Wildman–Crippen MR) is 59.4 cm³/mol. The minimum Gasteiger partial charge on any atom is -0.316 e. The van der Waals surface area contributed by atoms with Crippen LogP contribution in [0.2, 0.25) is 5.02 Å². The summed E-state index contributed by atoms with van der Waals surface area (Å²) >= 11 is 5.97. The van der Waals surface area contributed by atoms with Crippen molar-refractivity contribution in [3.8, 4) is 0 Å². The quantitative estimate of drug-likeness (QED) is 0.841. The van der Waals surface area contributed by atoms with E-state index < -0.39 is 0 Å². The van der Waals surface area contributed by atoms with Gasteiger partial charge in [-0.1, -0.05) is 17.7 Å². The summed E-state index contributed by atoms with van der Waals surface area (Å²) < 4.78 is 12.8. The molecule has 1 aromatic carbocycles. The fourth-order valence-corrected chi connectivity index (χ4v) is 2.20. The topological polar surface area (TPSA) is 29.3 Å². The Morgan fingerprint density at radius 2 is 2.20 bits per heavy atom. The molecule has 1 unspecified atom stereocenters. The first-order valence-electron chi connectivity index (χ1n) is 5.02. The lowest BCUT2D eigenvalue weighted by molar-refractivity contribution is 0.104. The average molecular weight is 229 g/mol. The maximum Gasteiger partial charge on any atom is 0.124 e. The van der Waals surface area contributed by atoms with Gasteiger partial charge in [-0.25, -0.2) is 4.39 Å². The van der Waals surface area contributed by atoms with E-state index in [2.05, 4.69) is 4.90 Å². The van der Waals surface area contributed by atoms with Crippen LogP contribution in [0.5, 0.6) is 0 Å². The number of benzene rings is 1. The Labute approximate surface area is 93.8 Å². The maximum absolute atomic E-state index is 12.8. The molecule has 82 valence electrons. The third kappa shape index (κ3) is 2.14. The van der Waals surface area contributed by atoms with E-state index in [4.69, 9.17) is 17.3 Å². The highest BCUT2D eigenvalue weighted by Crippen LogP contribution is 2.32. The lowest BCUT2D eigenvalue weighted by Crippen LogP contribution is -2.53. The molecule has 2 N–H and O–H groups in total. The van der Waals surface area contributed by atoms with Crippen molar-refractivity contribution in [1.82, 2.24) is 4.90 Å². The van der Waals surface area contributed by atoms with Crippen LogP contribution in [0.25, 0.3) is 0 Å². The van der Waals surface area contributed by atoms with Crippen molar-refractivity contribution < 1.29 is 4.39 Å². The Hall–Kier alpha value is -0.640. The van der Waals surface area contributed by atoms with Crippen LogP contribution in [-0.4, -0.2) is 24.2 Å². The fourth-order valence-electron chi connectivity index (χ4n) is 1.87. The van der Waals surface area contributed by atoms with Crippen LogP contribution in [0, 0.1) is 5.82 Å². The Morgan fingerprint density at radius 1 is 1.53 bits per heavy atom. The number of rotatable bonds is 2. The number of likely N-dealkylation sites (tertiary alicyclic amines) is 1. The van der Waals surface area contributed by atoms with Crippen LogP contribution in [0.15, 0.2) is 18.2 Å². The van der Waals surface area contributed by atoms with Crippen LogP contribution >= 0.6 is 11.6 Å². The van der Waals surface area contributed by atoms with Crippen LogP contribution in [-0.2, 0) is 0 Å². The molecule has 0 radical (unpaired) electrons. The second-order valence-corrected chi connectivity index (χ2v) is 4.46. The zero-order chi connectivity index (χ0) is 11.0. The highest BCUT2D eigenvalue weighted by atomic mass is 35.5. The van der Waals surface area contributed by atoms with Gasteiger partial charge in [0.25, 0.3) is 0 Å². The van der Waals surface area contributed by atoms with Crippen LogP contribution in [0.1, 0.15) is 18.4 Å². The summed E-state index contributed by atoms with van der Waals surface area (Å²) in [5.41, 5.74) is 6.76. The Bertz CT molecular complexity index is 362. The van der Waals surface area contributed by atoms with Gasteiger partial charge < -0.3 is 5.73 Å². The molecule has 0 spiro atoms. The summed E-state index contributed by atoms with van der Waals surface area (Å²) in [6.07, 6.45) is 0.0838. The third-order valence-electron chi connectivity index (χ3n) is 2.89. The fraction of sp³-hybridized carbons (Fsp3) is 0.455. The van der Waals surface area contributed by atoms with Gasteiger partial charge in [0.1, 0.15) is 5.82 Å². The SMILES string of the molecule is CC(N)N1CC(c2ccc(F)cc2Cl)C1. The first kappa shape index (κ1) is 10.9. The summed E-state index contributed by atoms with van der Waals surface area (Å²) in [4.78, 5) is 2.16. The lowest BCUT2D eigenvalue weighted by atomic mass is 9.91. The molecule has 1 aliphatic heterocycles. The summed E-state index contributed by atoms with van der Waals surface area (Å²) in [6, 6.07) is 4.59. The highest BCUT2D eigenvalue weighted by molar-refractivity contribution is 6.31. The van der Waals surface area contributed by atoms with E-state index in [1.807, 2.05) is 6.92 Å². The number of nitrogens with two attached hydrogens (primary N) is 1. The molecule has 2 rings (SSSR count). The Morgan fingerprint density at radius 3 is 2.73 bits per heavy atom. The Balaban J connectivity index is 2.07. The van der Waals surface area contributed by atoms with Crippen molar-refractivity contribution in [2.75, 3.05) is 13.1 Å². The predicted octanol–water partition coefficient (Wildman–Crippen LogP) is 2.18. The normalized spacial score (nSPS) is 20.0. The van der Waals surface area contributed by atoms with Gasteiger partial charge in [-0.15, -0.1) is 0 Å². The molecule has 1 heterocycles. The molecule has 1 fully saturated rings. The van der Waals surface area contributed by atoms with Gasteiger partial charge in [0, 0.05) is 24.0 Å². The Kier molecular flexibility index (Phi) is 2.96. The highest BCUT2D eigenvalue weighted by Gasteiger charge is 2.31. The van der Waals surface area contributed by atoms with Gasteiger partial charge in [0.15, 0.2) is 0 Å². The maximum atomic E-state index is 12.8. The smallest absolute Gasteiger partial charge is 0.124 e. The van der Waals surface area contributed by atoms with E-state index in [0.29, 0.717) is 10.9 Å². The van der Waals surface area contributed by atoms with Crippen molar-refractivity contribution in [3.63, 3.8) is 0 Å². The van der Waals surface area contributed by atoms with Gasteiger partial charge in [0.2, 0.25) is 0 Å². The van der Waals surface area contributed by atoms with Crippen molar-refractivity contribution in [1.29, 1.82) is 0 Å². The first-order chi connectivity index (χ1) is 7.08. The second kappa shape index (κ2) is 4.08. The van der Waals surface area contributed by atoms with Crippen molar-refractivity contribution in [2.24, 2.45) is 5.73 Å². The summed E-state index contributed by atoms with van der Waals surface area (Å²) in [5, 5.41) is 0.518. The molecule has 0 aliphatic carbocycles. The van der Waals surface area contributed by atoms with E-state index in [1.54, 1.807) is 6.07 Å². The molecule has 1 aliphatic rings. The largest absolute Gasteiger partial charge is 0.316 e. The summed E-state index contributed by atoms with van der Waals surface area (Å²) in [7, 11) is 0. The number of hydrogen-bond acceptors (Lipinski definition) is 2. The summed E-state index contributed by atoms with van der Waals surface area (Å²) in [5.74, 6) is 0.108. The summed E-state index contributed by atoms with van der Waals surface area (Å²) in [6.45, 7) is 3.77. The van der Waals surface area contributed by atoms with Crippen LogP contribution in [0.4, 0.5) is 4.39 Å². The van der Waals surface area contributed by atoms with Crippen LogP contribution in [0.3, 0.4) is 0 Å². The van der Waals surface area contributed by atoms with Gasteiger partial charge in [0.05, 0.1) is 6.17 Å². The van der Waals surface area contributed by atoms with Gasteiger partial charge in [-0.05, 0) is 24.6 Å². The molecule has 0 aromatic heterocycles. The number of nitrogens with zero attached hydrogens (tertiary/aromatic N) is 1. The molecule has 1 atom stereocenters. The van der Waals surface area contributed by atoms with Gasteiger partial charge in [-0.3, -0.25) is 4.90 Å². The molecule has 4 heteroatoms. The van der Waals surface area contributed by atoms with Gasteiger partial charge in [-0.2, -0.15) is 0 Å². The lowest BCUT2D eigenvalue weighted by Gasteiger charge is -2.42. The van der Waals surface area contributed by atoms with E-state index in [9.17, 15) is 4.39 Å². The molecular formula is C11H14ClFN2. The van der Waals surface area contributed by atoms with Crippen molar-refractivity contribution >= 4 is 11.6 Å². The molecule has 0 bridgehead atoms. The van der Waals surface area contributed by atoms with E-state index in [0.717, 1.165) is 18.7 Å². The minimum absolute atomic E-state index is 0.0838. The zero-order valence-electron chi connectivity index (χ0n) is 8.58. The molecule has 15 heavy (non-hydrogen) atoms. The van der Waals surface area contributed by atoms with Crippen molar-refractivity contribution in [2.45, 2.75) is 19.0 Å². The average Bonchev–Trinajstić information content (AvgIpc) is 2.05. The molecule has 0 saturated carbocycles. The zero-order valence-corrected chi connectivity index (χ0v) is 9.34. The van der Waals surface area contributed by atoms with E-state index >= 15 is 0 Å². The van der Waals surface area contributed by atoms with E-state index in [1.165, 1.54) is 12.1 Å². The monoisotopic (exact) mass is 228 g/mol. The number of hydrogen-bond donors (Lipinski definition) is 1. The first-order valence-corrected chi connectivity index (χ1v) is 5.40. The molecule has 2 nitrogen and oxygen atoms in total. The second-order valence-electron chi connectivity index (χ2n) is 4.06. The number of halogens is 2. The van der Waals surface area contributed by atoms with Crippen LogP contribution < -0.4 is 5.73 Å².